The van der Waals surface area contributed by atoms with Crippen LogP contribution in [0.2, 0.25) is 0 Å². The molecule has 11 heteroatoms. The second-order valence-corrected chi connectivity index (χ2v) is 9.31. The fourth-order valence-electron chi connectivity index (χ4n) is 2.88. The standard InChI is InChI=1S/C19H19F3N4O2S2/c1-10-5-11(2)16(9-30-29-8-13(23)17(27)28)26(7-10)18-24-14-4-3-12(19(20,21)22)6-15(14)25-18/h3-7,13H,8-9,23H2,1-2H3,(H-,24,25,27,28)/p+1/t13-/m0/s1. The Kier molecular flexibility index (Phi) is 6.63. The number of carboxylic acids is 1. The van der Waals surface area contributed by atoms with Gasteiger partial charge in [-0.25, -0.2) is 9.55 Å². The van der Waals surface area contributed by atoms with E-state index in [4.69, 9.17) is 10.8 Å². The van der Waals surface area contributed by atoms with Crippen molar-refractivity contribution in [1.29, 1.82) is 0 Å². The van der Waals surface area contributed by atoms with E-state index in [1.807, 2.05) is 30.7 Å². The van der Waals surface area contributed by atoms with Gasteiger partial charge in [0, 0.05) is 5.75 Å². The molecule has 0 radical (unpaired) electrons. The van der Waals surface area contributed by atoms with Crippen molar-refractivity contribution in [2.24, 2.45) is 5.73 Å². The molecular formula is C19H20F3N4O2S2+. The number of alkyl halides is 3. The molecule has 0 amide bonds. The number of pyridine rings is 1. The molecule has 30 heavy (non-hydrogen) atoms. The Hall–Kier alpha value is -2.24. The molecule has 0 bridgehead atoms. The fraction of sp³-hybridized carbons (Fsp3) is 0.316. The number of nitrogens with two attached hydrogens (primary N) is 1. The maximum Gasteiger partial charge on any atom is 0.416 e. The van der Waals surface area contributed by atoms with Gasteiger partial charge in [0.2, 0.25) is 0 Å². The van der Waals surface area contributed by atoms with E-state index in [0.717, 1.165) is 29.0 Å². The first kappa shape index (κ1) is 22.4. The predicted octanol–water partition coefficient (Wildman–Crippen LogP) is 3.77. The molecule has 0 fully saturated rings. The van der Waals surface area contributed by atoms with E-state index in [2.05, 4.69) is 9.97 Å². The summed E-state index contributed by atoms with van der Waals surface area (Å²) in [6.45, 7) is 3.86. The minimum absolute atomic E-state index is 0.260. The van der Waals surface area contributed by atoms with Gasteiger partial charge in [-0.1, -0.05) is 32.6 Å². The molecule has 0 aliphatic rings. The quantitative estimate of drug-likeness (QED) is 0.284. The number of aromatic nitrogens is 3. The summed E-state index contributed by atoms with van der Waals surface area (Å²) in [6.07, 6.45) is -2.57. The number of hydrogen-bond acceptors (Lipinski definition) is 5. The molecule has 3 rings (SSSR count). The van der Waals surface area contributed by atoms with Crippen molar-refractivity contribution in [3.63, 3.8) is 0 Å². The number of fused-ring (bicyclic) bond motifs is 1. The summed E-state index contributed by atoms with van der Waals surface area (Å²) in [5, 5.41) is 8.87. The number of carboxylic acid groups (broad SMARTS) is 1. The van der Waals surface area contributed by atoms with Crippen molar-refractivity contribution in [3.8, 4) is 5.95 Å². The highest BCUT2D eigenvalue weighted by molar-refractivity contribution is 8.76. The van der Waals surface area contributed by atoms with Crippen LogP contribution in [0, 0.1) is 13.8 Å². The summed E-state index contributed by atoms with van der Waals surface area (Å²) in [5.41, 5.74) is 8.37. The first-order valence-corrected chi connectivity index (χ1v) is 11.4. The second kappa shape index (κ2) is 8.86. The number of rotatable bonds is 7. The average molecular weight is 458 g/mol. The lowest BCUT2D eigenvalue weighted by Gasteiger charge is -2.11. The molecule has 160 valence electrons. The van der Waals surface area contributed by atoms with Crippen LogP contribution in [0.3, 0.4) is 0 Å². The molecule has 2 aromatic heterocycles. The van der Waals surface area contributed by atoms with Crippen LogP contribution in [-0.4, -0.2) is 32.8 Å². The van der Waals surface area contributed by atoms with E-state index in [9.17, 15) is 18.0 Å². The van der Waals surface area contributed by atoms with Crippen molar-refractivity contribution >= 4 is 38.6 Å². The van der Waals surface area contributed by atoms with E-state index in [0.29, 0.717) is 22.7 Å². The van der Waals surface area contributed by atoms with Crippen LogP contribution < -0.4 is 10.3 Å². The van der Waals surface area contributed by atoms with Gasteiger partial charge in [-0.15, -0.1) is 0 Å². The Morgan fingerprint density at radius 2 is 2.03 bits per heavy atom. The van der Waals surface area contributed by atoms with E-state index in [1.165, 1.54) is 27.7 Å². The molecular weight excluding hydrogens is 437 g/mol. The molecule has 0 spiro atoms. The van der Waals surface area contributed by atoms with E-state index >= 15 is 0 Å². The Morgan fingerprint density at radius 1 is 1.30 bits per heavy atom. The van der Waals surface area contributed by atoms with Crippen LogP contribution in [0.4, 0.5) is 13.2 Å². The third-order valence-electron chi connectivity index (χ3n) is 4.39. The van der Waals surface area contributed by atoms with Gasteiger partial charge >= 0.3 is 18.1 Å². The summed E-state index contributed by atoms with van der Waals surface area (Å²) < 4.78 is 40.8. The van der Waals surface area contributed by atoms with Crippen molar-refractivity contribution < 1.29 is 27.6 Å². The van der Waals surface area contributed by atoms with Crippen LogP contribution in [0.1, 0.15) is 22.4 Å². The summed E-state index contributed by atoms with van der Waals surface area (Å²) in [5.74, 6) is 0.160. The summed E-state index contributed by atoms with van der Waals surface area (Å²) in [7, 11) is 2.81. The lowest BCUT2D eigenvalue weighted by Crippen LogP contribution is -2.38. The Morgan fingerprint density at radius 3 is 2.70 bits per heavy atom. The van der Waals surface area contributed by atoms with Gasteiger partial charge in [-0.2, -0.15) is 13.2 Å². The van der Waals surface area contributed by atoms with Crippen molar-refractivity contribution in [3.05, 3.63) is 52.8 Å². The highest BCUT2D eigenvalue weighted by atomic mass is 33.1. The average Bonchev–Trinajstić information content (AvgIpc) is 3.08. The normalized spacial score (nSPS) is 13.0. The summed E-state index contributed by atoms with van der Waals surface area (Å²) in [6, 6.07) is 4.47. The summed E-state index contributed by atoms with van der Waals surface area (Å²) in [4.78, 5) is 18.3. The maximum atomic E-state index is 13.0. The van der Waals surface area contributed by atoms with Gasteiger partial charge in [0.1, 0.15) is 11.6 Å². The van der Waals surface area contributed by atoms with Gasteiger partial charge in [-0.05, 0) is 43.2 Å². The number of nitrogens with one attached hydrogen (secondary N) is 1. The largest absolute Gasteiger partial charge is 0.480 e. The number of aryl methyl sites for hydroxylation is 2. The van der Waals surface area contributed by atoms with Crippen LogP contribution in [-0.2, 0) is 16.7 Å². The highest BCUT2D eigenvalue weighted by Crippen LogP contribution is 2.31. The van der Waals surface area contributed by atoms with Crippen molar-refractivity contribution in [2.75, 3.05) is 5.75 Å². The minimum atomic E-state index is -4.43. The smallest absolute Gasteiger partial charge is 0.416 e. The maximum absolute atomic E-state index is 13.0. The third kappa shape index (κ3) is 5.08. The number of benzene rings is 1. The van der Waals surface area contributed by atoms with Crippen LogP contribution in [0.25, 0.3) is 17.0 Å². The lowest BCUT2D eigenvalue weighted by molar-refractivity contribution is -0.611. The molecule has 0 saturated heterocycles. The van der Waals surface area contributed by atoms with Gasteiger partial charge in [0.25, 0.3) is 0 Å². The molecule has 1 aromatic carbocycles. The molecule has 2 heterocycles. The van der Waals surface area contributed by atoms with Crippen molar-refractivity contribution in [2.45, 2.75) is 31.8 Å². The van der Waals surface area contributed by atoms with Crippen LogP contribution in [0.5, 0.6) is 0 Å². The number of nitrogens with zero attached hydrogens (tertiary/aromatic N) is 2. The molecule has 6 nitrogen and oxygen atoms in total. The number of H-pyrrole nitrogens is 1. The molecule has 4 N–H and O–H groups in total. The summed E-state index contributed by atoms with van der Waals surface area (Å²) >= 11 is 0. The molecule has 3 aromatic rings. The van der Waals surface area contributed by atoms with E-state index in [-0.39, 0.29) is 5.75 Å². The molecule has 0 aliphatic carbocycles. The fourth-order valence-corrected chi connectivity index (χ4v) is 5.14. The molecule has 0 unspecified atom stereocenters. The number of imidazole rings is 1. The van der Waals surface area contributed by atoms with E-state index in [1.54, 1.807) is 0 Å². The molecule has 1 atom stereocenters. The molecule has 0 saturated carbocycles. The second-order valence-electron chi connectivity index (χ2n) is 6.80. The first-order valence-electron chi connectivity index (χ1n) is 8.88. The van der Waals surface area contributed by atoms with Crippen molar-refractivity contribution in [1.82, 2.24) is 9.97 Å². The topological polar surface area (TPSA) is 95.9 Å². The zero-order valence-corrected chi connectivity index (χ0v) is 17.8. The lowest BCUT2D eigenvalue weighted by atomic mass is 10.2. The Labute approximate surface area is 178 Å². The number of carbonyl (C=O) groups is 1. The van der Waals surface area contributed by atoms with Crippen LogP contribution >= 0.6 is 21.6 Å². The minimum Gasteiger partial charge on any atom is -0.480 e. The van der Waals surface area contributed by atoms with Gasteiger partial charge in [0.15, 0.2) is 5.52 Å². The van der Waals surface area contributed by atoms with Gasteiger partial charge in [0.05, 0.1) is 23.2 Å². The SMILES string of the molecule is Cc1cc(C)c(CSSC[C@H](N)C(=O)O)[n+](-c2nc3ccc(C(F)(F)F)cc3[nH]2)c1. The predicted molar refractivity (Wildman–Crippen MR) is 111 cm³/mol. The highest BCUT2D eigenvalue weighted by Gasteiger charge is 2.31. The number of hydrogen-bond donors (Lipinski definition) is 3. The monoisotopic (exact) mass is 457 g/mol. The zero-order chi connectivity index (χ0) is 22.1. The van der Waals surface area contributed by atoms with Crippen LogP contribution in [0.15, 0.2) is 30.5 Å². The third-order valence-corrected chi connectivity index (χ3v) is 6.71. The first-order chi connectivity index (χ1) is 14.1. The number of halogens is 3. The number of aliphatic carboxylic acids is 1. The van der Waals surface area contributed by atoms with E-state index < -0.39 is 23.8 Å². The Balaban J connectivity index is 1.90. The Bertz CT molecular complexity index is 1090. The number of aromatic amines is 1. The zero-order valence-electron chi connectivity index (χ0n) is 16.2. The van der Waals surface area contributed by atoms with Gasteiger partial charge < -0.3 is 10.8 Å². The van der Waals surface area contributed by atoms with Gasteiger partial charge in [-0.3, -0.25) is 4.79 Å². The molecule has 0 aliphatic heterocycles.